The van der Waals surface area contributed by atoms with Crippen molar-refractivity contribution in [3.8, 4) is 0 Å². The van der Waals surface area contributed by atoms with Gasteiger partial charge in [0.1, 0.15) is 0 Å². The number of para-hydroxylation sites is 2. The highest BCUT2D eigenvalue weighted by atomic mass is 79.9. The van der Waals surface area contributed by atoms with Crippen LogP contribution in [0.1, 0.15) is 19.3 Å². The number of aryl methyl sites for hydroxylation is 2. The van der Waals surface area contributed by atoms with Crippen LogP contribution >= 0.6 is 31.9 Å². The van der Waals surface area contributed by atoms with E-state index < -0.39 is 0 Å². The third kappa shape index (κ3) is 4.23. The Labute approximate surface area is 253 Å². The van der Waals surface area contributed by atoms with Crippen LogP contribution in [0.2, 0.25) is 0 Å². The molecule has 0 spiro atoms. The summed E-state index contributed by atoms with van der Waals surface area (Å²) in [5.74, 6) is 0. The van der Waals surface area contributed by atoms with E-state index in [9.17, 15) is 0 Å². The maximum Gasteiger partial charge on any atom is 0.0967 e. The zero-order valence-corrected chi connectivity index (χ0v) is 25.5. The molecule has 0 aliphatic heterocycles. The predicted octanol–water partition coefficient (Wildman–Crippen LogP) is 10.4. The molecule has 0 saturated carbocycles. The number of rotatable bonds is 6. The van der Waals surface area contributed by atoms with Crippen molar-refractivity contribution in [2.45, 2.75) is 32.4 Å². The molecule has 41 heavy (non-hydrogen) atoms. The third-order valence-corrected chi connectivity index (χ3v) is 9.24. The van der Waals surface area contributed by atoms with Gasteiger partial charge in [0.05, 0.1) is 44.1 Å². The van der Waals surface area contributed by atoms with E-state index >= 15 is 0 Å². The van der Waals surface area contributed by atoms with E-state index in [1.54, 1.807) is 0 Å². The summed E-state index contributed by atoms with van der Waals surface area (Å²) in [4.78, 5) is 10.2. The molecule has 0 atom stereocenters. The quantitative estimate of drug-likeness (QED) is 0.166. The van der Waals surface area contributed by atoms with Crippen LogP contribution < -0.4 is 0 Å². The van der Waals surface area contributed by atoms with E-state index in [4.69, 9.17) is 9.97 Å². The SMILES string of the molecule is Brc1ccc2nc3c4ccccc4n(CCCCCn4c5ccccc5c5nc6ccc(Br)cc6cc54)c3cc2c1. The highest BCUT2D eigenvalue weighted by Crippen LogP contribution is 2.33. The molecule has 4 aromatic carbocycles. The molecule has 0 radical (unpaired) electrons. The fraction of sp³-hybridized carbons (Fsp3) is 0.143. The van der Waals surface area contributed by atoms with Crippen LogP contribution in [0.15, 0.2) is 106 Å². The molecule has 0 fully saturated rings. The van der Waals surface area contributed by atoms with E-state index in [2.05, 4.69) is 138 Å². The maximum absolute atomic E-state index is 5.08. The number of benzene rings is 4. The summed E-state index contributed by atoms with van der Waals surface area (Å²) in [7, 11) is 0. The number of fused-ring (bicyclic) bond motifs is 8. The summed E-state index contributed by atoms with van der Waals surface area (Å²) in [6.07, 6.45) is 3.35. The van der Waals surface area contributed by atoms with Crippen molar-refractivity contribution >= 4 is 97.5 Å². The Morgan fingerprint density at radius 2 is 0.951 bits per heavy atom. The Bertz CT molecular complexity index is 2120. The molecule has 4 aromatic heterocycles. The number of nitrogens with zero attached hydrogens (tertiary/aromatic N) is 4. The standard InChI is InChI=1S/C35H26Br2N4/c36-24-12-14-28-22(18-24)20-32-34(38-28)26-8-2-4-10-30(26)40(32)16-6-1-7-17-41-31-11-5-3-9-27(31)35-33(41)21-23-19-25(37)13-15-29(23)39-35/h2-5,8-15,18-21H,1,6-7,16-17H2. The second-order valence-electron chi connectivity index (χ2n) is 10.8. The minimum absolute atomic E-state index is 0.971. The van der Waals surface area contributed by atoms with Gasteiger partial charge in [-0.2, -0.15) is 0 Å². The zero-order valence-electron chi connectivity index (χ0n) is 22.3. The summed E-state index contributed by atoms with van der Waals surface area (Å²) in [6, 6.07) is 34.6. The van der Waals surface area contributed by atoms with Gasteiger partial charge in [-0.25, -0.2) is 9.97 Å². The van der Waals surface area contributed by atoms with E-state index in [0.717, 1.165) is 74.1 Å². The lowest BCUT2D eigenvalue weighted by atomic mass is 10.2. The van der Waals surface area contributed by atoms with Gasteiger partial charge >= 0.3 is 0 Å². The van der Waals surface area contributed by atoms with Gasteiger partial charge in [0.25, 0.3) is 0 Å². The molecule has 0 amide bonds. The Morgan fingerprint density at radius 3 is 1.44 bits per heavy atom. The lowest BCUT2D eigenvalue weighted by Crippen LogP contribution is -2.01. The Balaban J connectivity index is 1.09. The van der Waals surface area contributed by atoms with E-state index in [0.29, 0.717) is 0 Å². The van der Waals surface area contributed by atoms with Crippen molar-refractivity contribution in [2.75, 3.05) is 0 Å². The third-order valence-electron chi connectivity index (χ3n) is 8.26. The average Bonchev–Trinajstić information content (AvgIpc) is 3.46. The highest BCUT2D eigenvalue weighted by Gasteiger charge is 2.15. The lowest BCUT2D eigenvalue weighted by Gasteiger charge is -2.10. The van der Waals surface area contributed by atoms with Gasteiger partial charge in [-0.15, -0.1) is 0 Å². The maximum atomic E-state index is 5.08. The topological polar surface area (TPSA) is 35.6 Å². The summed E-state index contributed by atoms with van der Waals surface area (Å²) >= 11 is 7.25. The first kappa shape index (κ1) is 25.0. The van der Waals surface area contributed by atoms with Crippen LogP contribution in [-0.4, -0.2) is 19.1 Å². The summed E-state index contributed by atoms with van der Waals surface area (Å²) in [5.41, 5.74) is 9.19. The van der Waals surface area contributed by atoms with Crippen LogP contribution in [0.5, 0.6) is 0 Å². The molecule has 8 aromatic rings. The first-order valence-electron chi connectivity index (χ1n) is 14.1. The van der Waals surface area contributed by atoms with Gasteiger partial charge in [-0.1, -0.05) is 68.3 Å². The molecular formula is C35H26Br2N4. The van der Waals surface area contributed by atoms with Crippen molar-refractivity contribution in [3.05, 3.63) is 106 Å². The molecule has 200 valence electrons. The van der Waals surface area contributed by atoms with E-state index in [1.807, 2.05) is 0 Å². The first-order valence-corrected chi connectivity index (χ1v) is 15.7. The molecule has 0 aliphatic carbocycles. The van der Waals surface area contributed by atoms with Crippen molar-refractivity contribution < 1.29 is 0 Å². The van der Waals surface area contributed by atoms with Crippen LogP contribution in [-0.2, 0) is 13.1 Å². The van der Waals surface area contributed by atoms with Gasteiger partial charge in [0.2, 0.25) is 0 Å². The van der Waals surface area contributed by atoms with Crippen molar-refractivity contribution in [1.82, 2.24) is 19.1 Å². The number of hydrogen-bond donors (Lipinski definition) is 0. The lowest BCUT2D eigenvalue weighted by molar-refractivity contribution is 0.570. The number of unbranched alkanes of at least 4 members (excludes halogenated alkanes) is 2. The fourth-order valence-corrected chi connectivity index (χ4v) is 7.11. The Morgan fingerprint density at radius 1 is 0.488 bits per heavy atom. The average molecular weight is 662 g/mol. The van der Waals surface area contributed by atoms with Gasteiger partial charge in [-0.05, 0) is 79.9 Å². The van der Waals surface area contributed by atoms with Crippen LogP contribution in [0.3, 0.4) is 0 Å². The smallest absolute Gasteiger partial charge is 0.0967 e. The molecule has 8 rings (SSSR count). The molecule has 0 unspecified atom stereocenters. The predicted molar refractivity (Wildman–Crippen MR) is 179 cm³/mol. The second kappa shape index (κ2) is 9.97. The highest BCUT2D eigenvalue weighted by molar-refractivity contribution is 9.10. The molecule has 0 bridgehead atoms. The first-order chi connectivity index (χ1) is 20.1. The molecule has 0 aliphatic rings. The summed E-state index contributed by atoms with van der Waals surface area (Å²) in [5, 5.41) is 4.78. The summed E-state index contributed by atoms with van der Waals surface area (Å²) in [6.45, 7) is 1.94. The zero-order chi connectivity index (χ0) is 27.5. The second-order valence-corrected chi connectivity index (χ2v) is 12.6. The Hall–Kier alpha value is -3.74. The normalized spacial score (nSPS) is 12.1. The van der Waals surface area contributed by atoms with Crippen LogP contribution in [0.4, 0.5) is 0 Å². The van der Waals surface area contributed by atoms with Gasteiger partial charge < -0.3 is 9.13 Å². The van der Waals surface area contributed by atoms with Crippen molar-refractivity contribution in [3.63, 3.8) is 0 Å². The molecular weight excluding hydrogens is 636 g/mol. The summed E-state index contributed by atoms with van der Waals surface area (Å²) < 4.78 is 7.09. The van der Waals surface area contributed by atoms with Gasteiger partial charge in [-0.3, -0.25) is 0 Å². The van der Waals surface area contributed by atoms with Crippen LogP contribution in [0.25, 0.3) is 65.7 Å². The molecule has 0 saturated heterocycles. The molecule has 6 heteroatoms. The number of hydrogen-bond acceptors (Lipinski definition) is 2. The van der Waals surface area contributed by atoms with E-state index in [1.165, 1.54) is 32.8 Å². The fourth-order valence-electron chi connectivity index (χ4n) is 6.36. The molecule has 4 heterocycles. The number of halogens is 2. The molecule has 4 nitrogen and oxygen atoms in total. The van der Waals surface area contributed by atoms with Crippen molar-refractivity contribution in [1.29, 1.82) is 0 Å². The molecule has 0 N–H and O–H groups in total. The minimum Gasteiger partial charge on any atom is -0.339 e. The minimum atomic E-state index is 0.971. The number of aromatic nitrogens is 4. The van der Waals surface area contributed by atoms with Gasteiger partial charge in [0, 0.05) is 43.6 Å². The van der Waals surface area contributed by atoms with Crippen molar-refractivity contribution in [2.24, 2.45) is 0 Å². The number of pyridine rings is 2. The largest absolute Gasteiger partial charge is 0.339 e. The van der Waals surface area contributed by atoms with Crippen LogP contribution in [0, 0.1) is 0 Å². The monoisotopic (exact) mass is 660 g/mol. The van der Waals surface area contributed by atoms with E-state index in [-0.39, 0.29) is 0 Å². The van der Waals surface area contributed by atoms with Gasteiger partial charge in [0.15, 0.2) is 0 Å². The Kier molecular flexibility index (Phi) is 6.08.